The van der Waals surface area contributed by atoms with Crippen LogP contribution in [0, 0.1) is 0 Å². The van der Waals surface area contributed by atoms with Crippen LogP contribution in [0.4, 0.5) is 0 Å². The third-order valence-corrected chi connectivity index (χ3v) is 4.31. The van der Waals surface area contributed by atoms with E-state index in [1.165, 1.54) is 18.9 Å². The summed E-state index contributed by atoms with van der Waals surface area (Å²) in [6, 6.07) is 10.3. The van der Waals surface area contributed by atoms with Crippen LogP contribution in [0.25, 0.3) is 0 Å². The van der Waals surface area contributed by atoms with E-state index in [0.29, 0.717) is 0 Å². The molecule has 0 spiro atoms. The molecule has 110 valence electrons. The molecule has 3 heteroatoms. The van der Waals surface area contributed by atoms with Crippen molar-refractivity contribution in [3.63, 3.8) is 0 Å². The van der Waals surface area contributed by atoms with Gasteiger partial charge in [-0.2, -0.15) is 0 Å². The van der Waals surface area contributed by atoms with E-state index in [4.69, 9.17) is 10.5 Å². The molecule has 1 aliphatic carbocycles. The van der Waals surface area contributed by atoms with Crippen LogP contribution in [0.2, 0.25) is 0 Å². The van der Waals surface area contributed by atoms with Crippen molar-refractivity contribution in [1.29, 1.82) is 0 Å². The Bertz CT molecular complexity index is 424. The summed E-state index contributed by atoms with van der Waals surface area (Å²) in [5.41, 5.74) is 7.26. The molecule has 1 aliphatic rings. The summed E-state index contributed by atoms with van der Waals surface area (Å²) in [5.74, 6) is -0.206. The summed E-state index contributed by atoms with van der Waals surface area (Å²) in [7, 11) is 0. The first-order valence-electron chi connectivity index (χ1n) is 7.61. The van der Waals surface area contributed by atoms with Gasteiger partial charge in [0.25, 0.3) is 0 Å². The largest absolute Gasteiger partial charge is 0.458 e. The topological polar surface area (TPSA) is 52.3 Å². The monoisotopic (exact) mass is 275 g/mol. The highest BCUT2D eigenvalue weighted by molar-refractivity contribution is 5.66. The second-order valence-corrected chi connectivity index (χ2v) is 5.85. The molecule has 0 saturated heterocycles. The highest BCUT2D eigenvalue weighted by Crippen LogP contribution is 2.35. The predicted molar refractivity (Wildman–Crippen MR) is 80.3 cm³/mol. The zero-order valence-electron chi connectivity index (χ0n) is 12.3. The zero-order chi connectivity index (χ0) is 14.4. The lowest BCUT2D eigenvalue weighted by molar-refractivity contribution is -0.163. The molecule has 0 radical (unpaired) electrons. The average Bonchev–Trinajstić information content (AvgIpc) is 2.46. The van der Waals surface area contributed by atoms with E-state index < -0.39 is 5.60 Å². The minimum absolute atomic E-state index is 0.0769. The number of nitrogens with two attached hydrogens (primary N) is 1. The fraction of sp³-hybridized carbons (Fsp3) is 0.588. The van der Waals surface area contributed by atoms with Gasteiger partial charge < -0.3 is 10.5 Å². The van der Waals surface area contributed by atoms with Crippen molar-refractivity contribution >= 4 is 5.97 Å². The molecular weight excluding hydrogens is 250 g/mol. The number of carbonyl (C=O) groups excluding carboxylic acids is 1. The lowest BCUT2D eigenvalue weighted by atomic mass is 9.77. The fourth-order valence-electron chi connectivity index (χ4n) is 3.21. The Morgan fingerprint density at radius 1 is 1.25 bits per heavy atom. The summed E-state index contributed by atoms with van der Waals surface area (Å²) >= 11 is 0. The molecule has 1 fully saturated rings. The van der Waals surface area contributed by atoms with Crippen molar-refractivity contribution in [1.82, 2.24) is 0 Å². The Morgan fingerprint density at radius 2 is 1.90 bits per heavy atom. The van der Waals surface area contributed by atoms with Crippen molar-refractivity contribution in [3.05, 3.63) is 35.9 Å². The minimum atomic E-state index is -0.432. The van der Waals surface area contributed by atoms with Gasteiger partial charge >= 0.3 is 5.97 Å². The normalized spacial score (nSPS) is 19.3. The van der Waals surface area contributed by atoms with E-state index in [1.54, 1.807) is 0 Å². The number of ether oxygens (including phenoxy) is 1. The molecule has 0 aromatic heterocycles. The first-order valence-corrected chi connectivity index (χ1v) is 7.61. The molecule has 1 saturated carbocycles. The van der Waals surface area contributed by atoms with Crippen LogP contribution in [-0.4, -0.2) is 17.6 Å². The van der Waals surface area contributed by atoms with Gasteiger partial charge in [-0.3, -0.25) is 4.79 Å². The quantitative estimate of drug-likeness (QED) is 0.839. The maximum absolute atomic E-state index is 11.4. The maximum Gasteiger partial charge on any atom is 0.303 e. The standard InChI is InChI=1S/C17H25NO2/c1-14(19)20-17(12-6-3-7-13-17)16(18)11-10-15-8-4-2-5-9-15/h2,4-5,8-9,16H,3,6-7,10-13,18H2,1H3. The molecule has 3 nitrogen and oxygen atoms in total. The third-order valence-electron chi connectivity index (χ3n) is 4.31. The Balaban J connectivity index is 1.99. The van der Waals surface area contributed by atoms with Crippen LogP contribution in [0.3, 0.4) is 0 Å². The third kappa shape index (κ3) is 3.83. The number of aryl methyl sites for hydroxylation is 1. The van der Waals surface area contributed by atoms with Crippen LogP contribution in [0.15, 0.2) is 30.3 Å². The average molecular weight is 275 g/mol. The Morgan fingerprint density at radius 3 is 2.50 bits per heavy atom. The van der Waals surface area contributed by atoms with Crippen molar-refractivity contribution in [3.8, 4) is 0 Å². The van der Waals surface area contributed by atoms with Crippen molar-refractivity contribution in [2.45, 2.75) is 63.5 Å². The summed E-state index contributed by atoms with van der Waals surface area (Å²) in [5, 5.41) is 0. The molecular formula is C17H25NO2. The van der Waals surface area contributed by atoms with Gasteiger partial charge in [0, 0.05) is 13.0 Å². The van der Waals surface area contributed by atoms with E-state index in [-0.39, 0.29) is 12.0 Å². The van der Waals surface area contributed by atoms with Crippen molar-refractivity contribution in [2.75, 3.05) is 0 Å². The lowest BCUT2D eigenvalue weighted by Crippen LogP contribution is -2.52. The number of benzene rings is 1. The smallest absolute Gasteiger partial charge is 0.303 e. The van der Waals surface area contributed by atoms with Gasteiger partial charge in [-0.25, -0.2) is 0 Å². The Labute approximate surface area is 121 Å². The second-order valence-electron chi connectivity index (χ2n) is 5.85. The van der Waals surface area contributed by atoms with Gasteiger partial charge in [0.15, 0.2) is 0 Å². The van der Waals surface area contributed by atoms with Gasteiger partial charge in [0.05, 0.1) is 0 Å². The van der Waals surface area contributed by atoms with Crippen LogP contribution in [0.1, 0.15) is 51.0 Å². The van der Waals surface area contributed by atoms with Crippen LogP contribution in [-0.2, 0) is 16.0 Å². The Hall–Kier alpha value is -1.35. The molecule has 0 aliphatic heterocycles. The van der Waals surface area contributed by atoms with E-state index in [1.807, 2.05) is 18.2 Å². The van der Waals surface area contributed by atoms with Gasteiger partial charge in [-0.1, -0.05) is 36.8 Å². The van der Waals surface area contributed by atoms with Crippen molar-refractivity contribution in [2.24, 2.45) is 5.73 Å². The second kappa shape index (κ2) is 6.89. The molecule has 2 N–H and O–H groups in total. The van der Waals surface area contributed by atoms with Crippen LogP contribution < -0.4 is 5.73 Å². The highest BCUT2D eigenvalue weighted by Gasteiger charge is 2.40. The number of hydrogen-bond donors (Lipinski definition) is 1. The van der Waals surface area contributed by atoms with Crippen molar-refractivity contribution < 1.29 is 9.53 Å². The zero-order valence-corrected chi connectivity index (χ0v) is 12.3. The van der Waals surface area contributed by atoms with E-state index in [9.17, 15) is 4.79 Å². The van der Waals surface area contributed by atoms with Crippen LogP contribution in [0.5, 0.6) is 0 Å². The van der Waals surface area contributed by atoms with E-state index >= 15 is 0 Å². The predicted octanol–water partition coefficient (Wildman–Crippen LogP) is 3.21. The van der Waals surface area contributed by atoms with E-state index in [0.717, 1.165) is 38.5 Å². The number of esters is 1. The summed E-state index contributed by atoms with van der Waals surface area (Å²) in [6.07, 6.45) is 7.03. The molecule has 1 aromatic carbocycles. The molecule has 1 aromatic rings. The molecule has 0 bridgehead atoms. The van der Waals surface area contributed by atoms with Gasteiger partial charge in [-0.05, 0) is 44.1 Å². The van der Waals surface area contributed by atoms with Gasteiger partial charge in [-0.15, -0.1) is 0 Å². The molecule has 2 rings (SSSR count). The number of rotatable bonds is 5. The SMILES string of the molecule is CC(=O)OC1(C(N)CCc2ccccc2)CCCCC1. The maximum atomic E-state index is 11.4. The number of hydrogen-bond acceptors (Lipinski definition) is 3. The lowest BCUT2D eigenvalue weighted by Gasteiger charge is -2.41. The first kappa shape index (κ1) is 15.0. The molecule has 0 heterocycles. The number of carbonyl (C=O) groups is 1. The first-order chi connectivity index (χ1) is 9.62. The minimum Gasteiger partial charge on any atom is -0.458 e. The summed E-state index contributed by atoms with van der Waals surface area (Å²) in [4.78, 5) is 11.4. The van der Waals surface area contributed by atoms with Gasteiger partial charge in [0.2, 0.25) is 0 Å². The summed E-state index contributed by atoms with van der Waals surface area (Å²) in [6.45, 7) is 1.49. The molecule has 20 heavy (non-hydrogen) atoms. The van der Waals surface area contributed by atoms with Gasteiger partial charge in [0.1, 0.15) is 5.60 Å². The van der Waals surface area contributed by atoms with E-state index in [2.05, 4.69) is 12.1 Å². The Kier molecular flexibility index (Phi) is 5.18. The molecule has 1 atom stereocenters. The molecule has 1 unspecified atom stereocenters. The fourth-order valence-corrected chi connectivity index (χ4v) is 3.21. The molecule has 0 amide bonds. The highest BCUT2D eigenvalue weighted by atomic mass is 16.6. The van der Waals surface area contributed by atoms with Crippen LogP contribution >= 0.6 is 0 Å². The summed E-state index contributed by atoms with van der Waals surface area (Å²) < 4.78 is 5.67.